The van der Waals surface area contributed by atoms with Crippen LogP contribution in [-0.4, -0.2) is 38.5 Å². The Morgan fingerprint density at radius 1 is 1.50 bits per heavy atom. The highest BCUT2D eigenvalue weighted by Crippen LogP contribution is 2.09. The molecule has 74 valence electrons. The number of hydrogen-bond acceptors (Lipinski definition) is 4. The van der Waals surface area contributed by atoms with Crippen LogP contribution in [0.25, 0.3) is 11.2 Å². The minimum Gasteiger partial charge on any atom is -0.329 e. The molecule has 2 aromatic rings. The highest BCUT2D eigenvalue weighted by atomic mass is 32.1. The number of nitrogens with one attached hydrogen (secondary N) is 1. The predicted octanol–water partition coefficient (Wildman–Crippen LogP) is 1.01. The van der Waals surface area contributed by atoms with Crippen molar-refractivity contribution >= 4 is 23.4 Å². The molecule has 1 N–H and O–H groups in total. The fourth-order valence-corrected chi connectivity index (χ4v) is 1.60. The number of nitrogens with zero attached hydrogens (tertiary/aromatic N) is 4. The summed E-state index contributed by atoms with van der Waals surface area (Å²) in [4.78, 5) is 13.2. The maximum Gasteiger partial charge on any atom is 0.160 e. The lowest BCUT2D eigenvalue weighted by molar-refractivity contribution is 0.331. The second-order valence-electron chi connectivity index (χ2n) is 3.34. The molecular weight excluding hydrogens is 198 g/mol. The molecule has 0 bridgehead atoms. The summed E-state index contributed by atoms with van der Waals surface area (Å²) in [5, 5.41) is 0. The van der Waals surface area contributed by atoms with Gasteiger partial charge in [0.25, 0.3) is 0 Å². The monoisotopic (exact) mass is 209 g/mol. The molecule has 2 rings (SSSR count). The van der Waals surface area contributed by atoms with Crippen molar-refractivity contribution in [3.8, 4) is 0 Å². The Hall–Kier alpha value is -1.27. The Labute approximate surface area is 86.4 Å². The molecular formula is C8H11N5S. The number of aromatic nitrogens is 4. The summed E-state index contributed by atoms with van der Waals surface area (Å²) in [5.41, 5.74) is 1.67. The van der Waals surface area contributed by atoms with E-state index in [9.17, 15) is 0 Å². The molecule has 0 aliphatic rings. The summed E-state index contributed by atoms with van der Waals surface area (Å²) in [6, 6.07) is 0. The van der Waals surface area contributed by atoms with Crippen LogP contribution in [0.1, 0.15) is 0 Å². The minimum atomic E-state index is 0.582. The average Bonchev–Trinajstić information content (AvgIpc) is 2.49. The Morgan fingerprint density at radius 3 is 3.00 bits per heavy atom. The highest BCUT2D eigenvalue weighted by molar-refractivity contribution is 7.71. The summed E-state index contributed by atoms with van der Waals surface area (Å²) in [6.45, 7) is 0.750. The third-order valence-electron chi connectivity index (χ3n) is 1.86. The van der Waals surface area contributed by atoms with E-state index < -0.39 is 0 Å². The van der Waals surface area contributed by atoms with Gasteiger partial charge in [0.05, 0.1) is 19.3 Å². The molecule has 5 nitrogen and oxygen atoms in total. The van der Waals surface area contributed by atoms with Crippen LogP contribution < -0.4 is 0 Å². The van der Waals surface area contributed by atoms with E-state index in [-0.39, 0.29) is 0 Å². The van der Waals surface area contributed by atoms with Gasteiger partial charge < -0.3 is 9.55 Å². The zero-order chi connectivity index (χ0) is 10.1. The first kappa shape index (κ1) is 9.29. The van der Waals surface area contributed by atoms with E-state index in [1.807, 2.05) is 23.6 Å². The quantitative estimate of drug-likeness (QED) is 0.750. The predicted molar refractivity (Wildman–Crippen MR) is 56.4 cm³/mol. The Bertz CT molecular complexity index is 498. The molecule has 14 heavy (non-hydrogen) atoms. The van der Waals surface area contributed by atoms with Crippen molar-refractivity contribution in [2.24, 2.45) is 0 Å². The maximum absolute atomic E-state index is 5.14. The van der Waals surface area contributed by atoms with Gasteiger partial charge in [-0.1, -0.05) is 12.2 Å². The van der Waals surface area contributed by atoms with E-state index in [0.717, 1.165) is 17.8 Å². The molecule has 0 unspecified atom stereocenters. The summed E-state index contributed by atoms with van der Waals surface area (Å²) >= 11 is 5.14. The summed E-state index contributed by atoms with van der Waals surface area (Å²) in [7, 11) is 3.99. The fraction of sp³-hybridized carbons (Fsp3) is 0.375. The molecule has 0 aromatic carbocycles. The number of imidazole rings is 1. The lowest BCUT2D eigenvalue weighted by atomic mass is 10.5. The highest BCUT2D eigenvalue weighted by Gasteiger charge is 2.04. The van der Waals surface area contributed by atoms with Crippen molar-refractivity contribution in [1.82, 2.24) is 24.4 Å². The second kappa shape index (κ2) is 3.47. The number of rotatable bonds is 2. The molecule has 0 aliphatic heterocycles. The number of fused-ring (bicyclic) bond motifs is 1. The van der Waals surface area contributed by atoms with Gasteiger partial charge in [0.15, 0.2) is 10.3 Å². The molecule has 0 atom stereocenters. The number of aromatic amines is 1. The van der Waals surface area contributed by atoms with Gasteiger partial charge in [0.1, 0.15) is 5.52 Å². The molecule has 0 saturated heterocycles. The summed E-state index contributed by atoms with van der Waals surface area (Å²) in [6.07, 6.45) is 3.33. The minimum absolute atomic E-state index is 0.582. The SMILES string of the molecule is CN(C)Cn1cnc2[nH]cnc(=S)c21. The van der Waals surface area contributed by atoms with Gasteiger partial charge in [-0.05, 0) is 14.1 Å². The zero-order valence-electron chi connectivity index (χ0n) is 8.06. The first-order valence-corrected chi connectivity index (χ1v) is 4.62. The van der Waals surface area contributed by atoms with Crippen molar-refractivity contribution in [2.45, 2.75) is 6.67 Å². The molecule has 0 saturated carbocycles. The normalized spacial score (nSPS) is 11.4. The van der Waals surface area contributed by atoms with Crippen LogP contribution in [0.15, 0.2) is 12.7 Å². The molecule has 0 aliphatic carbocycles. The summed E-state index contributed by atoms with van der Waals surface area (Å²) in [5.74, 6) is 0. The van der Waals surface area contributed by atoms with Gasteiger partial charge in [-0.25, -0.2) is 9.97 Å². The van der Waals surface area contributed by atoms with Crippen LogP contribution in [0.5, 0.6) is 0 Å². The standard InChI is InChI=1S/C8H11N5S/c1-12(2)5-13-4-11-7-6(13)8(14)10-3-9-7/h3-4H,5H2,1-2H3,(H,9,10,14). The first-order valence-electron chi connectivity index (χ1n) is 4.22. The topological polar surface area (TPSA) is 49.7 Å². The Balaban J connectivity index is 2.61. The average molecular weight is 209 g/mol. The Morgan fingerprint density at radius 2 is 2.29 bits per heavy atom. The molecule has 2 heterocycles. The van der Waals surface area contributed by atoms with Crippen molar-refractivity contribution < 1.29 is 0 Å². The van der Waals surface area contributed by atoms with E-state index in [1.165, 1.54) is 0 Å². The van der Waals surface area contributed by atoms with Crippen LogP contribution in [0.2, 0.25) is 0 Å². The van der Waals surface area contributed by atoms with Crippen LogP contribution >= 0.6 is 12.2 Å². The van der Waals surface area contributed by atoms with Crippen LogP contribution in [-0.2, 0) is 6.67 Å². The lowest BCUT2D eigenvalue weighted by Gasteiger charge is -2.10. The van der Waals surface area contributed by atoms with Gasteiger partial charge in [-0.3, -0.25) is 4.90 Å². The largest absolute Gasteiger partial charge is 0.329 e. The third-order valence-corrected chi connectivity index (χ3v) is 2.16. The van der Waals surface area contributed by atoms with Crippen molar-refractivity contribution in [3.63, 3.8) is 0 Å². The summed E-state index contributed by atoms with van der Waals surface area (Å²) < 4.78 is 2.55. The van der Waals surface area contributed by atoms with Gasteiger partial charge in [0.2, 0.25) is 0 Å². The van der Waals surface area contributed by atoms with Gasteiger partial charge >= 0.3 is 0 Å². The van der Waals surface area contributed by atoms with Crippen LogP contribution in [0.4, 0.5) is 0 Å². The fourth-order valence-electron chi connectivity index (χ4n) is 1.34. The van der Waals surface area contributed by atoms with E-state index in [4.69, 9.17) is 12.2 Å². The van der Waals surface area contributed by atoms with E-state index in [2.05, 4.69) is 15.0 Å². The van der Waals surface area contributed by atoms with Gasteiger partial charge in [-0.2, -0.15) is 0 Å². The Kier molecular flexibility index (Phi) is 2.30. The molecule has 0 radical (unpaired) electrons. The molecule has 0 amide bonds. The maximum atomic E-state index is 5.14. The van der Waals surface area contributed by atoms with Crippen LogP contribution in [0.3, 0.4) is 0 Å². The number of H-pyrrole nitrogens is 1. The number of hydrogen-bond donors (Lipinski definition) is 1. The second-order valence-corrected chi connectivity index (χ2v) is 3.73. The zero-order valence-corrected chi connectivity index (χ0v) is 8.88. The molecule has 6 heteroatoms. The molecule has 0 fully saturated rings. The van der Waals surface area contributed by atoms with Crippen LogP contribution in [0, 0.1) is 4.64 Å². The molecule has 2 aromatic heterocycles. The van der Waals surface area contributed by atoms with Gasteiger partial charge in [-0.15, -0.1) is 0 Å². The van der Waals surface area contributed by atoms with Crippen molar-refractivity contribution in [3.05, 3.63) is 17.3 Å². The van der Waals surface area contributed by atoms with Crippen molar-refractivity contribution in [1.29, 1.82) is 0 Å². The molecule has 0 spiro atoms. The first-order chi connectivity index (χ1) is 6.68. The lowest BCUT2D eigenvalue weighted by Crippen LogP contribution is -2.16. The smallest absolute Gasteiger partial charge is 0.160 e. The van der Waals surface area contributed by atoms with E-state index in [0.29, 0.717) is 4.64 Å². The van der Waals surface area contributed by atoms with E-state index in [1.54, 1.807) is 12.7 Å². The van der Waals surface area contributed by atoms with E-state index >= 15 is 0 Å². The van der Waals surface area contributed by atoms with Crippen molar-refractivity contribution in [2.75, 3.05) is 14.1 Å². The van der Waals surface area contributed by atoms with Gasteiger partial charge in [0, 0.05) is 0 Å². The third kappa shape index (κ3) is 1.53.